The molecule has 3 N–H and O–H groups in total. The fourth-order valence-electron chi connectivity index (χ4n) is 1.79. The Labute approximate surface area is 126 Å². The van der Waals surface area contributed by atoms with Crippen LogP contribution in [0.3, 0.4) is 0 Å². The van der Waals surface area contributed by atoms with Crippen LogP contribution in [0, 0.1) is 5.41 Å². The number of hydrogen-bond donors (Lipinski definition) is 3. The van der Waals surface area contributed by atoms with Crippen molar-refractivity contribution in [3.63, 3.8) is 0 Å². The summed E-state index contributed by atoms with van der Waals surface area (Å²) in [5.74, 6) is 0.831. The third-order valence-corrected chi connectivity index (χ3v) is 2.62. The summed E-state index contributed by atoms with van der Waals surface area (Å²) >= 11 is 0. The van der Waals surface area contributed by atoms with E-state index < -0.39 is 6.10 Å². The lowest BCUT2D eigenvalue weighted by atomic mass is 9.89. The zero-order valence-electron chi connectivity index (χ0n) is 13.6. The van der Waals surface area contributed by atoms with Crippen molar-refractivity contribution in [2.75, 3.05) is 30.8 Å². The van der Waals surface area contributed by atoms with Gasteiger partial charge in [-0.2, -0.15) is 15.0 Å². The number of ether oxygens (including phenoxy) is 1. The van der Waals surface area contributed by atoms with Crippen molar-refractivity contribution in [3.05, 3.63) is 0 Å². The molecule has 7 nitrogen and oxygen atoms in total. The Bertz CT molecular complexity index is 434. The van der Waals surface area contributed by atoms with Crippen LogP contribution in [0.2, 0.25) is 0 Å². The van der Waals surface area contributed by atoms with E-state index >= 15 is 0 Å². The van der Waals surface area contributed by atoms with Gasteiger partial charge in [0.25, 0.3) is 0 Å². The number of nitrogens with zero attached hydrogens (tertiary/aromatic N) is 3. The van der Waals surface area contributed by atoms with E-state index in [0.717, 1.165) is 6.42 Å². The first-order valence-corrected chi connectivity index (χ1v) is 7.32. The lowest BCUT2D eigenvalue weighted by Crippen LogP contribution is -2.26. The summed E-state index contributed by atoms with van der Waals surface area (Å²) in [5, 5.41) is 15.9. The van der Waals surface area contributed by atoms with Crippen molar-refractivity contribution >= 4 is 11.9 Å². The van der Waals surface area contributed by atoms with E-state index in [1.165, 1.54) is 0 Å². The second-order valence-corrected chi connectivity index (χ2v) is 6.16. The molecule has 7 heteroatoms. The number of aliphatic hydroxyl groups is 1. The highest BCUT2D eigenvalue weighted by molar-refractivity contribution is 5.35. The molecule has 0 amide bonds. The Balaban J connectivity index is 2.64. The lowest BCUT2D eigenvalue weighted by molar-refractivity contribution is 0.132. The van der Waals surface area contributed by atoms with Gasteiger partial charge in [0.2, 0.25) is 11.9 Å². The van der Waals surface area contributed by atoms with Gasteiger partial charge in [-0.25, -0.2) is 0 Å². The van der Waals surface area contributed by atoms with Crippen LogP contribution in [0.4, 0.5) is 11.9 Å². The standard InChI is InChI=1S/C14H27N5O2/c1-6-7-21-13-18-11(15-5)17-12(19-13)16-9-10(20)8-14(2,3)4/h10,20H,6-9H2,1-5H3,(H2,15,16,17,18,19). The molecule has 0 aliphatic rings. The molecule has 1 rings (SSSR count). The number of hydrogen-bond acceptors (Lipinski definition) is 7. The molecule has 0 spiro atoms. The fraction of sp³-hybridized carbons (Fsp3) is 0.786. The van der Waals surface area contributed by atoms with Gasteiger partial charge < -0.3 is 20.5 Å². The van der Waals surface area contributed by atoms with Gasteiger partial charge in [0.05, 0.1) is 12.7 Å². The first kappa shape index (κ1) is 17.4. The number of anilines is 2. The van der Waals surface area contributed by atoms with E-state index in [0.29, 0.717) is 31.5 Å². The lowest BCUT2D eigenvalue weighted by Gasteiger charge is -2.22. The van der Waals surface area contributed by atoms with Crippen molar-refractivity contribution in [2.45, 2.75) is 46.6 Å². The number of aromatic nitrogens is 3. The van der Waals surface area contributed by atoms with E-state index in [2.05, 4.69) is 46.4 Å². The van der Waals surface area contributed by atoms with Gasteiger partial charge in [-0.1, -0.05) is 27.7 Å². The van der Waals surface area contributed by atoms with Crippen molar-refractivity contribution in [2.24, 2.45) is 5.41 Å². The number of rotatable bonds is 8. The van der Waals surface area contributed by atoms with Gasteiger partial charge in [-0.15, -0.1) is 0 Å². The number of aliphatic hydroxyl groups excluding tert-OH is 1. The van der Waals surface area contributed by atoms with Crippen LogP contribution < -0.4 is 15.4 Å². The summed E-state index contributed by atoms with van der Waals surface area (Å²) in [7, 11) is 1.73. The fourth-order valence-corrected chi connectivity index (χ4v) is 1.79. The van der Waals surface area contributed by atoms with E-state index in [1.807, 2.05) is 6.92 Å². The Hall–Kier alpha value is -1.63. The van der Waals surface area contributed by atoms with Crippen molar-refractivity contribution in [1.82, 2.24) is 15.0 Å². The zero-order valence-corrected chi connectivity index (χ0v) is 13.6. The third kappa shape index (κ3) is 7.08. The topological polar surface area (TPSA) is 92.2 Å². The molecule has 1 aromatic rings. The largest absolute Gasteiger partial charge is 0.463 e. The molecular formula is C14H27N5O2. The summed E-state index contributed by atoms with van der Waals surface area (Å²) in [4.78, 5) is 12.5. The molecular weight excluding hydrogens is 270 g/mol. The van der Waals surface area contributed by atoms with Crippen LogP contribution in [-0.2, 0) is 0 Å². The Kier molecular flexibility index (Phi) is 6.61. The molecule has 120 valence electrons. The van der Waals surface area contributed by atoms with Gasteiger partial charge in [-0.05, 0) is 18.3 Å². The SMILES string of the molecule is CCCOc1nc(NC)nc(NCC(O)CC(C)(C)C)n1. The Morgan fingerprint density at radius 1 is 1.19 bits per heavy atom. The van der Waals surface area contributed by atoms with E-state index in [-0.39, 0.29) is 11.4 Å². The Morgan fingerprint density at radius 3 is 2.43 bits per heavy atom. The minimum atomic E-state index is -0.459. The third-order valence-electron chi connectivity index (χ3n) is 2.62. The highest BCUT2D eigenvalue weighted by Crippen LogP contribution is 2.21. The van der Waals surface area contributed by atoms with Crippen LogP contribution in [0.25, 0.3) is 0 Å². The quantitative estimate of drug-likeness (QED) is 0.675. The summed E-state index contributed by atoms with van der Waals surface area (Å²) in [6.45, 7) is 9.23. The Morgan fingerprint density at radius 2 is 1.86 bits per heavy atom. The molecule has 0 aliphatic carbocycles. The van der Waals surface area contributed by atoms with Gasteiger partial charge in [-0.3, -0.25) is 0 Å². The van der Waals surface area contributed by atoms with Gasteiger partial charge in [0, 0.05) is 13.6 Å². The average Bonchev–Trinajstić information content (AvgIpc) is 2.41. The predicted octanol–water partition coefficient (Wildman–Crippen LogP) is 1.91. The van der Waals surface area contributed by atoms with Crippen molar-refractivity contribution < 1.29 is 9.84 Å². The maximum absolute atomic E-state index is 10.0. The molecule has 0 radical (unpaired) electrons. The van der Waals surface area contributed by atoms with Crippen LogP contribution in [-0.4, -0.2) is 46.4 Å². The molecule has 0 aromatic carbocycles. The van der Waals surface area contributed by atoms with Gasteiger partial charge >= 0.3 is 6.01 Å². The second kappa shape index (κ2) is 7.97. The highest BCUT2D eigenvalue weighted by Gasteiger charge is 2.17. The molecule has 0 aliphatic heterocycles. The summed E-state index contributed by atoms with van der Waals surface area (Å²) in [6, 6.07) is 0.281. The molecule has 21 heavy (non-hydrogen) atoms. The minimum absolute atomic E-state index is 0.0751. The molecule has 1 aromatic heterocycles. The first-order chi connectivity index (χ1) is 9.84. The monoisotopic (exact) mass is 297 g/mol. The normalized spacial score (nSPS) is 12.9. The van der Waals surface area contributed by atoms with E-state index in [4.69, 9.17) is 4.74 Å². The zero-order chi connectivity index (χ0) is 15.9. The smallest absolute Gasteiger partial charge is 0.323 e. The van der Waals surface area contributed by atoms with Crippen LogP contribution >= 0.6 is 0 Å². The first-order valence-electron chi connectivity index (χ1n) is 7.32. The van der Waals surface area contributed by atoms with E-state index in [1.54, 1.807) is 7.05 Å². The molecule has 0 fully saturated rings. The summed E-state index contributed by atoms with van der Waals surface area (Å²) in [6.07, 6.45) is 1.12. The van der Waals surface area contributed by atoms with Crippen LogP contribution in [0.5, 0.6) is 6.01 Å². The summed E-state index contributed by atoms with van der Waals surface area (Å²) in [5.41, 5.74) is 0.0751. The molecule has 0 saturated carbocycles. The maximum atomic E-state index is 10.0. The minimum Gasteiger partial charge on any atom is -0.463 e. The highest BCUT2D eigenvalue weighted by atomic mass is 16.5. The van der Waals surface area contributed by atoms with Crippen LogP contribution in [0.1, 0.15) is 40.5 Å². The summed E-state index contributed by atoms with van der Waals surface area (Å²) < 4.78 is 5.42. The average molecular weight is 297 g/mol. The van der Waals surface area contributed by atoms with Crippen molar-refractivity contribution in [1.29, 1.82) is 0 Å². The molecule has 1 unspecified atom stereocenters. The van der Waals surface area contributed by atoms with E-state index in [9.17, 15) is 5.11 Å². The molecule has 0 bridgehead atoms. The van der Waals surface area contributed by atoms with Crippen LogP contribution in [0.15, 0.2) is 0 Å². The predicted molar refractivity (Wildman–Crippen MR) is 83.7 cm³/mol. The van der Waals surface area contributed by atoms with Crippen molar-refractivity contribution in [3.8, 4) is 6.01 Å². The molecule has 1 heterocycles. The number of nitrogens with one attached hydrogen (secondary N) is 2. The molecule has 0 saturated heterocycles. The second-order valence-electron chi connectivity index (χ2n) is 6.16. The maximum Gasteiger partial charge on any atom is 0.323 e. The van der Waals surface area contributed by atoms with Gasteiger partial charge in [0.15, 0.2) is 0 Å². The van der Waals surface area contributed by atoms with Gasteiger partial charge in [0.1, 0.15) is 0 Å². The molecule has 1 atom stereocenters.